The van der Waals surface area contributed by atoms with Crippen molar-refractivity contribution in [2.75, 3.05) is 25.4 Å². The molecule has 0 heterocycles. The molecule has 0 radical (unpaired) electrons. The molecule has 144 valence electrons. The molecular formula is C16H28N2O6S. The maximum absolute atomic E-state index is 11.7. The Kier molecular flexibility index (Phi) is 11.3. The zero-order valence-corrected chi connectivity index (χ0v) is 15.8. The Labute approximate surface area is 152 Å². The number of aliphatic hydroxyl groups is 2. The van der Waals surface area contributed by atoms with Crippen LogP contribution in [0.4, 0.5) is 0 Å². The minimum absolute atomic E-state index is 0.0327. The maximum atomic E-state index is 11.7. The van der Waals surface area contributed by atoms with Crippen LogP contribution in [0.15, 0.2) is 0 Å². The summed E-state index contributed by atoms with van der Waals surface area (Å²) < 4.78 is 0. The molecule has 0 aromatic rings. The van der Waals surface area contributed by atoms with Gasteiger partial charge in [0, 0.05) is 37.1 Å². The lowest BCUT2D eigenvalue weighted by Crippen LogP contribution is -2.46. The molecule has 0 aliphatic rings. The van der Waals surface area contributed by atoms with Crippen LogP contribution in [0.1, 0.15) is 40.0 Å². The topological polar surface area (TPSA) is 133 Å². The standard InChI is InChI=1S/C16H28N2O6S/c1-4-11(20)9-13(22)25-8-7-17-12(21)5-6-18-15(24)14(23)16(2,3)10-19/h14,19,23H,4-10H2,1-3H3,(H,17,21)(H,18,24). The van der Waals surface area contributed by atoms with E-state index in [-0.39, 0.29) is 49.3 Å². The van der Waals surface area contributed by atoms with Crippen LogP contribution in [0.3, 0.4) is 0 Å². The Balaban J connectivity index is 3.86. The van der Waals surface area contributed by atoms with Crippen molar-refractivity contribution in [2.24, 2.45) is 5.41 Å². The smallest absolute Gasteiger partial charge is 0.249 e. The maximum Gasteiger partial charge on any atom is 0.249 e. The van der Waals surface area contributed by atoms with Crippen LogP contribution in [0, 0.1) is 5.41 Å². The molecule has 0 aliphatic carbocycles. The number of thioether (sulfide) groups is 1. The van der Waals surface area contributed by atoms with Crippen molar-refractivity contribution in [3.63, 3.8) is 0 Å². The first kappa shape index (κ1) is 23.5. The lowest BCUT2D eigenvalue weighted by molar-refractivity contribution is -0.137. The van der Waals surface area contributed by atoms with Crippen LogP contribution in [0.25, 0.3) is 0 Å². The Morgan fingerprint density at radius 3 is 2.32 bits per heavy atom. The van der Waals surface area contributed by atoms with E-state index in [0.29, 0.717) is 12.2 Å². The van der Waals surface area contributed by atoms with E-state index in [4.69, 9.17) is 5.11 Å². The minimum atomic E-state index is -1.37. The normalized spacial score (nSPS) is 12.4. The number of rotatable bonds is 12. The van der Waals surface area contributed by atoms with Gasteiger partial charge in [-0.3, -0.25) is 19.2 Å². The highest BCUT2D eigenvalue weighted by atomic mass is 32.2. The number of nitrogens with one attached hydrogen (secondary N) is 2. The molecule has 1 unspecified atom stereocenters. The summed E-state index contributed by atoms with van der Waals surface area (Å²) in [7, 11) is 0. The Morgan fingerprint density at radius 1 is 1.12 bits per heavy atom. The van der Waals surface area contributed by atoms with Crippen LogP contribution in [0.2, 0.25) is 0 Å². The summed E-state index contributed by atoms with van der Waals surface area (Å²) in [5.74, 6) is -0.677. The first-order valence-electron chi connectivity index (χ1n) is 8.14. The molecule has 0 spiro atoms. The van der Waals surface area contributed by atoms with Crippen molar-refractivity contribution < 1.29 is 29.4 Å². The fourth-order valence-corrected chi connectivity index (χ4v) is 2.31. The van der Waals surface area contributed by atoms with E-state index in [2.05, 4.69) is 10.6 Å². The molecule has 0 bridgehead atoms. The van der Waals surface area contributed by atoms with Crippen molar-refractivity contribution in [2.45, 2.75) is 46.1 Å². The van der Waals surface area contributed by atoms with Gasteiger partial charge >= 0.3 is 0 Å². The second-order valence-corrected chi connectivity index (χ2v) is 7.38. The van der Waals surface area contributed by atoms with Crippen LogP contribution >= 0.6 is 11.8 Å². The van der Waals surface area contributed by atoms with Crippen molar-refractivity contribution in [3.05, 3.63) is 0 Å². The molecule has 9 heteroatoms. The van der Waals surface area contributed by atoms with Gasteiger partial charge in [-0.1, -0.05) is 32.5 Å². The Morgan fingerprint density at radius 2 is 1.76 bits per heavy atom. The summed E-state index contributed by atoms with van der Waals surface area (Å²) in [5, 5.41) is 23.7. The molecule has 8 nitrogen and oxygen atoms in total. The first-order valence-corrected chi connectivity index (χ1v) is 9.13. The molecule has 2 amide bonds. The third-order valence-corrected chi connectivity index (χ3v) is 4.35. The Hall–Kier alpha value is -1.45. The van der Waals surface area contributed by atoms with Gasteiger partial charge in [0.05, 0.1) is 13.0 Å². The number of Topliss-reactive ketones (excluding diaryl/α,β-unsaturated/α-hetero) is 1. The summed E-state index contributed by atoms with van der Waals surface area (Å²) in [6.45, 7) is 4.79. The predicted molar refractivity (Wildman–Crippen MR) is 94.9 cm³/mol. The third-order valence-electron chi connectivity index (χ3n) is 3.47. The molecule has 4 N–H and O–H groups in total. The molecule has 1 atom stereocenters. The minimum Gasteiger partial charge on any atom is -0.396 e. The quantitative estimate of drug-likeness (QED) is 0.269. The van der Waals surface area contributed by atoms with Crippen LogP contribution < -0.4 is 10.6 Å². The predicted octanol–water partition coefficient (Wildman–Crippen LogP) is -0.383. The number of hydrogen-bond acceptors (Lipinski definition) is 7. The van der Waals surface area contributed by atoms with Crippen molar-refractivity contribution in [1.82, 2.24) is 10.6 Å². The van der Waals surface area contributed by atoms with Gasteiger partial charge < -0.3 is 20.8 Å². The van der Waals surface area contributed by atoms with E-state index in [9.17, 15) is 24.3 Å². The fourth-order valence-electron chi connectivity index (χ4n) is 1.62. The molecule has 0 rings (SSSR count). The second kappa shape index (κ2) is 12.0. The van der Waals surface area contributed by atoms with E-state index in [1.165, 1.54) is 0 Å². The van der Waals surface area contributed by atoms with Crippen LogP contribution in [0.5, 0.6) is 0 Å². The molecule has 0 saturated carbocycles. The van der Waals surface area contributed by atoms with Gasteiger partial charge in [-0.05, 0) is 0 Å². The van der Waals surface area contributed by atoms with E-state index < -0.39 is 17.4 Å². The highest BCUT2D eigenvalue weighted by Gasteiger charge is 2.32. The average Bonchev–Trinajstić information content (AvgIpc) is 2.57. The lowest BCUT2D eigenvalue weighted by atomic mass is 9.87. The zero-order chi connectivity index (χ0) is 19.5. The molecule has 0 aromatic carbocycles. The fraction of sp³-hybridized carbons (Fsp3) is 0.750. The van der Waals surface area contributed by atoms with Crippen LogP contribution in [-0.2, 0) is 19.2 Å². The number of hydrogen-bond donors (Lipinski definition) is 4. The van der Waals surface area contributed by atoms with E-state index in [1.54, 1.807) is 20.8 Å². The van der Waals surface area contributed by atoms with Gasteiger partial charge in [-0.2, -0.15) is 0 Å². The van der Waals surface area contributed by atoms with Gasteiger partial charge in [-0.25, -0.2) is 0 Å². The highest BCUT2D eigenvalue weighted by molar-refractivity contribution is 8.13. The summed E-state index contributed by atoms with van der Waals surface area (Å²) in [4.78, 5) is 45.8. The molecular weight excluding hydrogens is 348 g/mol. The largest absolute Gasteiger partial charge is 0.396 e. The van der Waals surface area contributed by atoms with Gasteiger partial charge in [-0.15, -0.1) is 0 Å². The number of carbonyl (C=O) groups is 4. The van der Waals surface area contributed by atoms with Gasteiger partial charge in [0.15, 0.2) is 5.12 Å². The summed E-state index contributed by atoms with van der Waals surface area (Å²) in [5.41, 5.74) is -0.963. The highest BCUT2D eigenvalue weighted by Crippen LogP contribution is 2.19. The Bertz CT molecular complexity index is 481. The number of carbonyl (C=O) groups excluding carboxylic acids is 4. The average molecular weight is 376 g/mol. The van der Waals surface area contributed by atoms with Gasteiger partial charge in [0.25, 0.3) is 0 Å². The summed E-state index contributed by atoms with van der Waals surface area (Å²) in [6, 6.07) is 0. The van der Waals surface area contributed by atoms with E-state index >= 15 is 0 Å². The van der Waals surface area contributed by atoms with E-state index in [1.807, 2.05) is 0 Å². The van der Waals surface area contributed by atoms with Crippen molar-refractivity contribution in [1.29, 1.82) is 0 Å². The summed E-state index contributed by atoms with van der Waals surface area (Å²) >= 11 is 0.999. The molecule has 0 saturated heterocycles. The number of amides is 2. The second-order valence-electron chi connectivity index (χ2n) is 6.23. The SMILES string of the molecule is CCC(=O)CC(=O)SCCNC(=O)CCNC(=O)C(O)C(C)(C)CO. The molecule has 0 aromatic heterocycles. The number of ketones is 1. The summed E-state index contributed by atoms with van der Waals surface area (Å²) in [6.07, 6.45) is -1.09. The molecule has 25 heavy (non-hydrogen) atoms. The lowest BCUT2D eigenvalue weighted by Gasteiger charge is -2.27. The zero-order valence-electron chi connectivity index (χ0n) is 15.0. The van der Waals surface area contributed by atoms with E-state index in [0.717, 1.165) is 11.8 Å². The van der Waals surface area contributed by atoms with Crippen LogP contribution in [-0.4, -0.2) is 64.5 Å². The molecule has 0 fully saturated rings. The first-order chi connectivity index (χ1) is 11.6. The monoisotopic (exact) mass is 376 g/mol. The van der Waals surface area contributed by atoms with Gasteiger partial charge in [0.2, 0.25) is 11.8 Å². The van der Waals surface area contributed by atoms with Crippen molar-refractivity contribution >= 4 is 34.5 Å². The molecule has 0 aliphatic heterocycles. The van der Waals surface area contributed by atoms with Gasteiger partial charge in [0.1, 0.15) is 11.9 Å². The van der Waals surface area contributed by atoms with Crippen molar-refractivity contribution in [3.8, 4) is 0 Å². The third kappa shape index (κ3) is 10.2. The number of aliphatic hydroxyl groups excluding tert-OH is 2.